The SMILES string of the molecule is COc1c(F)cc(F)cc1CNNc1ccccc1. The van der Waals surface area contributed by atoms with E-state index in [0.29, 0.717) is 5.56 Å². The average Bonchev–Trinajstić information content (AvgIpc) is 2.39. The standard InChI is InChI=1S/C14H14F2N2O/c1-19-14-10(7-11(15)8-13(14)16)9-17-18-12-5-3-2-4-6-12/h2-8,17-18H,9H2,1H3. The van der Waals surface area contributed by atoms with Crippen molar-refractivity contribution in [2.24, 2.45) is 0 Å². The van der Waals surface area contributed by atoms with Crippen LogP contribution in [0.15, 0.2) is 42.5 Å². The van der Waals surface area contributed by atoms with Gasteiger partial charge in [0.2, 0.25) is 0 Å². The van der Waals surface area contributed by atoms with E-state index in [-0.39, 0.29) is 12.3 Å². The van der Waals surface area contributed by atoms with Gasteiger partial charge in [0.05, 0.1) is 7.11 Å². The number of ether oxygens (including phenoxy) is 1. The summed E-state index contributed by atoms with van der Waals surface area (Å²) in [6.45, 7) is 0.229. The van der Waals surface area contributed by atoms with Crippen molar-refractivity contribution in [3.05, 3.63) is 59.7 Å². The summed E-state index contributed by atoms with van der Waals surface area (Å²) >= 11 is 0. The van der Waals surface area contributed by atoms with Gasteiger partial charge in [-0.15, -0.1) is 0 Å². The highest BCUT2D eigenvalue weighted by atomic mass is 19.1. The molecule has 0 amide bonds. The zero-order chi connectivity index (χ0) is 13.7. The maximum absolute atomic E-state index is 13.4. The highest BCUT2D eigenvalue weighted by Crippen LogP contribution is 2.23. The van der Waals surface area contributed by atoms with Crippen LogP contribution in [0, 0.1) is 11.6 Å². The predicted molar refractivity (Wildman–Crippen MR) is 69.8 cm³/mol. The third-order valence-electron chi connectivity index (χ3n) is 2.57. The van der Waals surface area contributed by atoms with Crippen LogP contribution in [0.3, 0.4) is 0 Å². The Bertz CT molecular complexity index is 547. The van der Waals surface area contributed by atoms with Gasteiger partial charge in [-0.2, -0.15) is 0 Å². The summed E-state index contributed by atoms with van der Waals surface area (Å²) in [7, 11) is 1.35. The van der Waals surface area contributed by atoms with Crippen molar-refractivity contribution in [1.29, 1.82) is 0 Å². The Morgan fingerprint density at radius 2 is 1.84 bits per heavy atom. The average molecular weight is 264 g/mol. The van der Waals surface area contributed by atoms with Crippen molar-refractivity contribution in [3.8, 4) is 5.75 Å². The van der Waals surface area contributed by atoms with Crippen LogP contribution >= 0.6 is 0 Å². The first-order valence-corrected chi connectivity index (χ1v) is 5.76. The van der Waals surface area contributed by atoms with Crippen molar-refractivity contribution < 1.29 is 13.5 Å². The summed E-state index contributed by atoms with van der Waals surface area (Å²) in [6.07, 6.45) is 0. The lowest BCUT2D eigenvalue weighted by Crippen LogP contribution is -2.21. The van der Waals surface area contributed by atoms with E-state index in [9.17, 15) is 8.78 Å². The van der Waals surface area contributed by atoms with Crippen LogP contribution in [-0.4, -0.2) is 7.11 Å². The number of rotatable bonds is 5. The minimum atomic E-state index is -0.709. The first kappa shape index (κ1) is 13.3. The highest BCUT2D eigenvalue weighted by molar-refractivity contribution is 5.42. The van der Waals surface area contributed by atoms with Crippen LogP contribution in [0.1, 0.15) is 5.56 Å². The zero-order valence-electron chi connectivity index (χ0n) is 10.4. The minimum absolute atomic E-state index is 0.0451. The highest BCUT2D eigenvalue weighted by Gasteiger charge is 2.11. The van der Waals surface area contributed by atoms with Gasteiger partial charge in [-0.3, -0.25) is 0 Å². The monoisotopic (exact) mass is 264 g/mol. The van der Waals surface area contributed by atoms with Crippen LogP contribution in [-0.2, 0) is 6.54 Å². The number of nitrogens with one attached hydrogen (secondary N) is 2. The molecule has 2 rings (SSSR count). The molecule has 0 aromatic heterocycles. The second-order valence-corrected chi connectivity index (χ2v) is 3.92. The quantitative estimate of drug-likeness (QED) is 0.814. The van der Waals surface area contributed by atoms with Crippen LogP contribution in [0.2, 0.25) is 0 Å². The van der Waals surface area contributed by atoms with Gasteiger partial charge in [-0.1, -0.05) is 18.2 Å². The number of hydrazine groups is 1. The van der Waals surface area contributed by atoms with Crippen LogP contribution in [0.5, 0.6) is 5.75 Å². The van der Waals surface area contributed by atoms with Crippen LogP contribution < -0.4 is 15.6 Å². The van der Waals surface area contributed by atoms with E-state index in [4.69, 9.17) is 4.74 Å². The van der Waals surface area contributed by atoms with Gasteiger partial charge in [-0.25, -0.2) is 14.2 Å². The maximum Gasteiger partial charge on any atom is 0.168 e. The molecule has 100 valence electrons. The topological polar surface area (TPSA) is 33.3 Å². The van der Waals surface area contributed by atoms with E-state index < -0.39 is 11.6 Å². The van der Waals surface area contributed by atoms with Crippen LogP contribution in [0.25, 0.3) is 0 Å². The van der Waals surface area contributed by atoms with Crippen molar-refractivity contribution in [1.82, 2.24) is 5.43 Å². The van der Waals surface area contributed by atoms with Crippen molar-refractivity contribution in [2.45, 2.75) is 6.54 Å². The lowest BCUT2D eigenvalue weighted by Gasteiger charge is -2.12. The third-order valence-corrected chi connectivity index (χ3v) is 2.57. The molecule has 0 unspecified atom stereocenters. The Kier molecular flexibility index (Phi) is 4.30. The minimum Gasteiger partial charge on any atom is -0.493 e. The van der Waals surface area contributed by atoms with Crippen molar-refractivity contribution >= 4 is 5.69 Å². The molecule has 0 aliphatic rings. The molecule has 2 aromatic carbocycles. The first-order chi connectivity index (χ1) is 9.20. The number of benzene rings is 2. The van der Waals surface area contributed by atoms with Gasteiger partial charge >= 0.3 is 0 Å². The third kappa shape index (κ3) is 3.42. The molecule has 0 atom stereocenters. The summed E-state index contributed by atoms with van der Waals surface area (Å²) in [5, 5.41) is 0. The maximum atomic E-state index is 13.4. The molecule has 0 spiro atoms. The number of methoxy groups -OCH3 is 1. The molecule has 2 aromatic rings. The molecule has 0 fully saturated rings. The molecular weight excluding hydrogens is 250 g/mol. The molecule has 0 saturated carbocycles. The van der Waals surface area contributed by atoms with Crippen LogP contribution in [0.4, 0.5) is 14.5 Å². The second kappa shape index (κ2) is 6.15. The van der Waals surface area contributed by atoms with E-state index in [1.165, 1.54) is 13.2 Å². The molecule has 0 aliphatic heterocycles. The fourth-order valence-electron chi connectivity index (χ4n) is 1.74. The zero-order valence-corrected chi connectivity index (χ0v) is 10.4. The summed E-state index contributed by atoms with van der Waals surface area (Å²) in [6, 6.07) is 11.4. The van der Waals surface area contributed by atoms with Gasteiger partial charge in [0.1, 0.15) is 5.82 Å². The largest absolute Gasteiger partial charge is 0.493 e. The normalized spacial score (nSPS) is 10.3. The number of halogens is 2. The van der Waals surface area contributed by atoms with Gasteiger partial charge in [-0.05, 0) is 18.2 Å². The predicted octanol–water partition coefficient (Wildman–Crippen LogP) is 3.09. The summed E-state index contributed by atoms with van der Waals surface area (Å²) in [4.78, 5) is 0. The number of para-hydroxylation sites is 1. The van der Waals surface area contributed by atoms with Crippen molar-refractivity contribution in [3.63, 3.8) is 0 Å². The molecule has 0 radical (unpaired) electrons. The first-order valence-electron chi connectivity index (χ1n) is 5.76. The summed E-state index contributed by atoms with van der Waals surface area (Å²) < 4.78 is 31.5. The molecule has 0 saturated heterocycles. The molecule has 3 nitrogen and oxygen atoms in total. The second-order valence-electron chi connectivity index (χ2n) is 3.92. The molecule has 0 heterocycles. The molecular formula is C14H14F2N2O. The molecule has 2 N–H and O–H groups in total. The molecule has 19 heavy (non-hydrogen) atoms. The molecule has 0 bridgehead atoms. The fraction of sp³-hybridized carbons (Fsp3) is 0.143. The lowest BCUT2D eigenvalue weighted by atomic mass is 10.2. The Morgan fingerprint density at radius 3 is 2.53 bits per heavy atom. The smallest absolute Gasteiger partial charge is 0.168 e. The Hall–Kier alpha value is -2.14. The fourth-order valence-corrected chi connectivity index (χ4v) is 1.74. The Labute approximate surface area is 110 Å². The van der Waals surface area contributed by atoms with Gasteiger partial charge < -0.3 is 10.2 Å². The summed E-state index contributed by atoms with van der Waals surface area (Å²) in [5.41, 5.74) is 7.08. The van der Waals surface area contributed by atoms with E-state index in [0.717, 1.165) is 11.8 Å². The Morgan fingerprint density at radius 1 is 1.11 bits per heavy atom. The lowest BCUT2D eigenvalue weighted by molar-refractivity contribution is 0.377. The van der Waals surface area contributed by atoms with Gasteiger partial charge in [0.15, 0.2) is 11.6 Å². The summed E-state index contributed by atoms with van der Waals surface area (Å²) in [5.74, 6) is -1.29. The molecule has 0 aliphatic carbocycles. The number of hydrogen-bond donors (Lipinski definition) is 2. The van der Waals surface area contributed by atoms with Gasteiger partial charge in [0, 0.05) is 23.9 Å². The number of anilines is 1. The van der Waals surface area contributed by atoms with Crippen molar-refractivity contribution in [2.75, 3.05) is 12.5 Å². The van der Waals surface area contributed by atoms with E-state index in [2.05, 4.69) is 10.9 Å². The number of hydrogen-bond acceptors (Lipinski definition) is 3. The van der Waals surface area contributed by atoms with E-state index in [1.807, 2.05) is 30.3 Å². The van der Waals surface area contributed by atoms with E-state index in [1.54, 1.807) is 0 Å². The molecule has 5 heteroatoms. The van der Waals surface area contributed by atoms with E-state index >= 15 is 0 Å². The van der Waals surface area contributed by atoms with Gasteiger partial charge in [0.25, 0.3) is 0 Å². The Balaban J connectivity index is 2.03.